The third-order valence-corrected chi connectivity index (χ3v) is 11.8. The maximum absolute atomic E-state index is 14.6. The van der Waals surface area contributed by atoms with Gasteiger partial charge >= 0.3 is 0 Å². The number of anilines is 1. The van der Waals surface area contributed by atoms with E-state index in [-0.39, 0.29) is 48.2 Å². The molecule has 1 saturated carbocycles. The third kappa shape index (κ3) is 4.04. The van der Waals surface area contributed by atoms with Crippen LogP contribution in [0.15, 0.2) is 103 Å². The van der Waals surface area contributed by atoms with Crippen LogP contribution in [0.4, 0.5) is 10.1 Å². The Hall–Kier alpha value is -4.53. The van der Waals surface area contributed by atoms with Crippen molar-refractivity contribution in [3.05, 3.63) is 120 Å². The molecule has 2 aliphatic carbocycles. The molecule has 236 valence electrons. The summed E-state index contributed by atoms with van der Waals surface area (Å²) in [6.45, 7) is 0.101. The normalized spacial score (nSPS) is 30.0. The molecular weight excluding hydrogens is 642 g/mol. The minimum Gasteiger partial charge on any atom is -0.507 e. The van der Waals surface area contributed by atoms with Gasteiger partial charge in [-0.2, -0.15) is 0 Å². The van der Waals surface area contributed by atoms with E-state index in [2.05, 4.69) is 0 Å². The van der Waals surface area contributed by atoms with E-state index in [1.807, 2.05) is 48.5 Å². The number of hydrogen-bond donors (Lipinski definition) is 1. The molecule has 10 heteroatoms. The maximum atomic E-state index is 14.6. The number of alkyl halides is 2. The molecule has 7 nitrogen and oxygen atoms in total. The number of phenolic OH excluding ortho intramolecular Hbond substituents is 1. The topological polar surface area (TPSA) is 95.0 Å². The Morgan fingerprint density at radius 2 is 1.51 bits per heavy atom. The quantitative estimate of drug-likeness (QED) is 0.153. The predicted molar refractivity (Wildman–Crippen MR) is 174 cm³/mol. The van der Waals surface area contributed by atoms with Crippen LogP contribution in [0.25, 0.3) is 10.8 Å². The van der Waals surface area contributed by atoms with Gasteiger partial charge in [0.15, 0.2) is 9.75 Å². The zero-order chi connectivity index (χ0) is 32.8. The summed E-state index contributed by atoms with van der Waals surface area (Å²) in [7, 11) is 0. The Morgan fingerprint density at radius 3 is 2.26 bits per heavy atom. The molecule has 0 bridgehead atoms. The second kappa shape index (κ2) is 10.5. The summed E-state index contributed by atoms with van der Waals surface area (Å²) in [4.78, 5) is 54.8. The van der Waals surface area contributed by atoms with Crippen molar-refractivity contribution in [2.75, 3.05) is 4.90 Å². The molecule has 2 aliphatic heterocycles. The van der Waals surface area contributed by atoms with E-state index in [4.69, 9.17) is 23.2 Å². The lowest BCUT2D eigenvalue weighted by molar-refractivity contribution is -0.141. The molecule has 0 aromatic heterocycles. The predicted octanol–water partition coefficient (Wildman–Crippen LogP) is 6.45. The summed E-state index contributed by atoms with van der Waals surface area (Å²) >= 11 is 14.9. The number of fused-ring (bicyclic) bond motifs is 5. The van der Waals surface area contributed by atoms with Crippen molar-refractivity contribution in [2.24, 2.45) is 17.8 Å². The van der Waals surface area contributed by atoms with E-state index in [0.717, 1.165) is 28.0 Å². The molecule has 47 heavy (non-hydrogen) atoms. The van der Waals surface area contributed by atoms with Crippen molar-refractivity contribution in [1.29, 1.82) is 0 Å². The van der Waals surface area contributed by atoms with Crippen molar-refractivity contribution in [3.8, 4) is 5.75 Å². The Bertz CT molecular complexity index is 2050. The van der Waals surface area contributed by atoms with Crippen LogP contribution in [0.2, 0.25) is 0 Å². The molecule has 4 amide bonds. The monoisotopic (exact) mass is 668 g/mol. The Morgan fingerprint density at radius 1 is 0.809 bits per heavy atom. The molecule has 6 atom stereocenters. The summed E-state index contributed by atoms with van der Waals surface area (Å²) in [5, 5.41) is 13.0. The number of aromatic hydroxyl groups is 1. The van der Waals surface area contributed by atoms with Crippen LogP contribution in [-0.4, -0.2) is 43.4 Å². The fraction of sp³-hybridized carbons (Fsp3) is 0.243. The van der Waals surface area contributed by atoms with Crippen molar-refractivity contribution in [2.45, 2.75) is 35.1 Å². The van der Waals surface area contributed by atoms with E-state index in [1.54, 1.807) is 24.3 Å². The number of carbonyl (C=O) groups is 4. The molecule has 4 aromatic rings. The number of halogens is 3. The van der Waals surface area contributed by atoms with Gasteiger partial charge in [-0.1, -0.05) is 78.4 Å². The number of nitrogens with zero attached hydrogens (tertiary/aromatic N) is 2. The maximum Gasteiger partial charge on any atom is 0.258 e. The number of imide groups is 2. The standard InChI is InChI=1S/C37H27Cl2FN2O5/c38-36-18-28-25(16-17-26-29(28)33(45)41(32(26)44)19-20-6-2-1-3-7-20)30(27-15-10-21-8-4-5-9-24(21)31(27)43)37(36,39)35(47)42(34(36)46)23-13-11-22(40)12-14-23/h1-16,26,28-30,43H,17-19H2/t26-,28+,29-,30+,36+,37-/m0/s1. The smallest absolute Gasteiger partial charge is 0.258 e. The van der Waals surface area contributed by atoms with E-state index in [9.17, 15) is 28.7 Å². The van der Waals surface area contributed by atoms with Gasteiger partial charge in [0.1, 0.15) is 11.6 Å². The van der Waals surface area contributed by atoms with Crippen LogP contribution in [0.1, 0.15) is 29.9 Å². The number of amides is 4. The highest BCUT2D eigenvalue weighted by molar-refractivity contribution is 6.58. The molecule has 0 radical (unpaired) electrons. The van der Waals surface area contributed by atoms with Gasteiger partial charge < -0.3 is 5.11 Å². The first-order chi connectivity index (χ1) is 22.6. The van der Waals surface area contributed by atoms with Crippen molar-refractivity contribution in [1.82, 2.24) is 4.90 Å². The molecule has 2 saturated heterocycles. The highest BCUT2D eigenvalue weighted by Gasteiger charge is 2.76. The number of rotatable bonds is 4. The molecule has 8 rings (SSSR count). The van der Waals surface area contributed by atoms with Crippen LogP contribution >= 0.6 is 23.2 Å². The zero-order valence-corrected chi connectivity index (χ0v) is 26.3. The highest BCUT2D eigenvalue weighted by atomic mass is 35.5. The van der Waals surface area contributed by atoms with E-state index in [1.165, 1.54) is 17.0 Å². The molecule has 1 N–H and O–H groups in total. The lowest BCUT2D eigenvalue weighted by atomic mass is 9.56. The minimum absolute atomic E-state index is 0.0910. The molecule has 2 heterocycles. The molecule has 0 spiro atoms. The van der Waals surface area contributed by atoms with Gasteiger partial charge in [0.2, 0.25) is 11.8 Å². The number of phenols is 1. The summed E-state index contributed by atoms with van der Waals surface area (Å²) in [6.07, 6.45) is 1.85. The minimum atomic E-state index is -2.13. The first-order valence-corrected chi connectivity index (χ1v) is 16.1. The van der Waals surface area contributed by atoms with Crippen LogP contribution in [0.5, 0.6) is 5.75 Å². The summed E-state index contributed by atoms with van der Waals surface area (Å²) in [6, 6.07) is 24.7. The Kier molecular flexibility index (Phi) is 6.66. The molecule has 4 aromatic carbocycles. The van der Waals surface area contributed by atoms with Gasteiger partial charge in [-0.25, -0.2) is 9.29 Å². The van der Waals surface area contributed by atoms with E-state index < -0.39 is 51.1 Å². The Balaban J connectivity index is 1.30. The second-order valence-corrected chi connectivity index (χ2v) is 14.0. The van der Waals surface area contributed by atoms with Gasteiger partial charge in [0, 0.05) is 16.9 Å². The lowest BCUT2D eigenvalue weighted by Crippen LogP contribution is -2.60. The zero-order valence-electron chi connectivity index (χ0n) is 24.8. The highest BCUT2D eigenvalue weighted by Crippen LogP contribution is 2.66. The average Bonchev–Trinajstić information content (AvgIpc) is 3.40. The summed E-state index contributed by atoms with van der Waals surface area (Å²) in [5.74, 6) is -6.42. The van der Waals surface area contributed by atoms with Gasteiger partial charge in [-0.05, 0) is 54.0 Å². The van der Waals surface area contributed by atoms with Crippen molar-refractivity contribution < 1.29 is 28.7 Å². The number of hydrogen-bond acceptors (Lipinski definition) is 5. The van der Waals surface area contributed by atoms with E-state index >= 15 is 0 Å². The fourth-order valence-corrected chi connectivity index (χ4v) is 9.16. The molecule has 0 unspecified atom stereocenters. The number of likely N-dealkylation sites (tertiary alicyclic amines) is 1. The van der Waals surface area contributed by atoms with Crippen LogP contribution in [0, 0.1) is 23.6 Å². The largest absolute Gasteiger partial charge is 0.507 e. The number of allylic oxidation sites excluding steroid dienone is 2. The van der Waals surface area contributed by atoms with Crippen molar-refractivity contribution >= 4 is 63.3 Å². The van der Waals surface area contributed by atoms with Crippen molar-refractivity contribution in [3.63, 3.8) is 0 Å². The first-order valence-electron chi connectivity index (χ1n) is 15.4. The van der Waals surface area contributed by atoms with E-state index in [0.29, 0.717) is 11.0 Å². The third-order valence-electron chi connectivity index (χ3n) is 10.4. The average molecular weight is 670 g/mol. The SMILES string of the molecule is O=C1[C@H]2[C@H](CC=C3[C@H]2C[C@@]2(Cl)C(=O)N(c4ccc(F)cc4)C(=O)[C@@]2(Cl)[C@H]3c2ccc3ccccc3c2O)C(=O)N1Cc1ccccc1. The van der Waals surface area contributed by atoms with Gasteiger partial charge in [0.25, 0.3) is 11.8 Å². The molecule has 4 aliphatic rings. The fourth-order valence-electron chi connectivity index (χ4n) is 8.24. The number of carbonyl (C=O) groups excluding carboxylic acids is 4. The van der Waals surface area contributed by atoms with Crippen LogP contribution in [-0.2, 0) is 25.7 Å². The second-order valence-electron chi connectivity index (χ2n) is 12.7. The van der Waals surface area contributed by atoms with Gasteiger partial charge in [0.05, 0.1) is 24.1 Å². The van der Waals surface area contributed by atoms with Crippen LogP contribution in [0.3, 0.4) is 0 Å². The Labute approximate surface area is 279 Å². The lowest BCUT2D eigenvalue weighted by Gasteiger charge is -2.50. The van der Waals surface area contributed by atoms with Crippen LogP contribution < -0.4 is 4.90 Å². The number of benzene rings is 4. The van der Waals surface area contributed by atoms with Gasteiger partial charge in [-0.15, -0.1) is 23.2 Å². The van der Waals surface area contributed by atoms with Gasteiger partial charge in [-0.3, -0.25) is 24.1 Å². The summed E-state index contributed by atoms with van der Waals surface area (Å²) < 4.78 is 13.9. The summed E-state index contributed by atoms with van der Waals surface area (Å²) in [5.41, 5.74) is 1.74. The molecular formula is C37H27Cl2FN2O5. The first kappa shape index (κ1) is 29.8. The molecule has 3 fully saturated rings.